The molecule has 0 radical (unpaired) electrons. The Morgan fingerprint density at radius 3 is 2.84 bits per heavy atom. The largest absolute Gasteiger partial charge is 0.480 e. The summed E-state index contributed by atoms with van der Waals surface area (Å²) in [7, 11) is -3.98. The fourth-order valence-electron chi connectivity index (χ4n) is 2.05. The third kappa shape index (κ3) is 2.48. The lowest BCUT2D eigenvalue weighted by Crippen LogP contribution is -2.40. The van der Waals surface area contributed by atoms with Crippen LogP contribution in [0.1, 0.15) is 19.2 Å². The van der Waals surface area contributed by atoms with Gasteiger partial charge in [-0.15, -0.1) is 0 Å². The monoisotopic (exact) mass is 289 g/mol. The molecule has 106 valence electrons. The van der Waals surface area contributed by atoms with Gasteiger partial charge in [-0.05, 0) is 0 Å². The van der Waals surface area contributed by atoms with Crippen molar-refractivity contribution in [2.45, 2.75) is 36.9 Å². The van der Waals surface area contributed by atoms with Crippen molar-refractivity contribution in [3.05, 3.63) is 12.0 Å². The maximum Gasteiger partial charge on any atom is 0.322 e. The van der Waals surface area contributed by atoms with Gasteiger partial charge in [-0.25, -0.2) is 13.4 Å². The molecule has 9 heteroatoms. The van der Waals surface area contributed by atoms with E-state index in [0.717, 1.165) is 10.5 Å². The number of β-amino-alcohol motifs (C(OH)–C–C–N with tert-alkyl or cyclic N) is 1. The number of nitrogens with one attached hydrogen (secondary N) is 1. The van der Waals surface area contributed by atoms with Gasteiger partial charge in [-0.2, -0.15) is 4.31 Å². The van der Waals surface area contributed by atoms with Gasteiger partial charge in [-0.3, -0.25) is 4.79 Å². The molecule has 8 nitrogen and oxygen atoms in total. The number of nitrogens with zero attached hydrogens (tertiary/aromatic N) is 2. The highest BCUT2D eigenvalue weighted by atomic mass is 32.2. The number of imidazole rings is 1. The first kappa shape index (κ1) is 14.0. The predicted octanol–water partition coefficient (Wildman–Crippen LogP) is -0.819. The molecule has 1 fully saturated rings. The fraction of sp³-hybridized carbons (Fsp3) is 0.600. The highest BCUT2D eigenvalue weighted by Crippen LogP contribution is 2.25. The summed E-state index contributed by atoms with van der Waals surface area (Å²) in [5.74, 6) is -0.763. The quantitative estimate of drug-likeness (QED) is 0.665. The number of rotatable bonds is 4. The molecule has 0 aliphatic carbocycles. The van der Waals surface area contributed by atoms with Crippen LogP contribution >= 0.6 is 0 Å². The molecule has 0 amide bonds. The van der Waals surface area contributed by atoms with Crippen molar-refractivity contribution in [3.8, 4) is 0 Å². The normalized spacial score (nSPS) is 24.7. The topological polar surface area (TPSA) is 124 Å². The number of H-pyrrole nitrogens is 1. The molecule has 0 saturated carbocycles. The maximum absolute atomic E-state index is 12.3. The van der Waals surface area contributed by atoms with Crippen molar-refractivity contribution in [3.63, 3.8) is 0 Å². The molecule has 2 heterocycles. The molecule has 0 bridgehead atoms. The van der Waals surface area contributed by atoms with Crippen LogP contribution in [-0.4, -0.2) is 57.6 Å². The number of carboxylic acid groups (broad SMARTS) is 1. The molecule has 0 aromatic carbocycles. The maximum atomic E-state index is 12.3. The first-order valence-corrected chi connectivity index (χ1v) is 7.27. The van der Waals surface area contributed by atoms with Crippen molar-refractivity contribution in [1.29, 1.82) is 0 Å². The molecule has 2 atom stereocenters. The van der Waals surface area contributed by atoms with Crippen LogP contribution in [0.4, 0.5) is 0 Å². The highest BCUT2D eigenvalue weighted by molar-refractivity contribution is 7.89. The Kier molecular flexibility index (Phi) is 3.61. The van der Waals surface area contributed by atoms with E-state index in [1.54, 1.807) is 0 Å². The van der Waals surface area contributed by atoms with E-state index in [1.807, 2.05) is 6.92 Å². The summed E-state index contributed by atoms with van der Waals surface area (Å²) in [6.07, 6.45) is 0.631. The van der Waals surface area contributed by atoms with E-state index < -0.39 is 28.1 Å². The molecule has 0 unspecified atom stereocenters. The minimum absolute atomic E-state index is 0.108. The first-order valence-electron chi connectivity index (χ1n) is 5.82. The number of carbonyl (C=O) groups is 1. The van der Waals surface area contributed by atoms with Crippen molar-refractivity contribution in [1.82, 2.24) is 14.3 Å². The fourth-order valence-corrected chi connectivity index (χ4v) is 3.62. The van der Waals surface area contributed by atoms with Gasteiger partial charge < -0.3 is 15.2 Å². The predicted molar refractivity (Wildman–Crippen MR) is 63.9 cm³/mol. The van der Waals surface area contributed by atoms with E-state index in [1.165, 1.54) is 0 Å². The van der Waals surface area contributed by atoms with Crippen LogP contribution in [0.5, 0.6) is 0 Å². The van der Waals surface area contributed by atoms with Gasteiger partial charge in [0, 0.05) is 19.4 Å². The van der Waals surface area contributed by atoms with Gasteiger partial charge in [0.05, 0.1) is 12.3 Å². The number of hydrogen-bond donors (Lipinski definition) is 3. The number of aromatic amines is 1. The number of aliphatic hydroxyl groups is 1. The van der Waals surface area contributed by atoms with E-state index in [-0.39, 0.29) is 18.0 Å². The van der Waals surface area contributed by atoms with Crippen LogP contribution < -0.4 is 0 Å². The Morgan fingerprint density at radius 1 is 1.63 bits per heavy atom. The lowest BCUT2D eigenvalue weighted by molar-refractivity contribution is -0.140. The molecule has 1 aliphatic rings. The lowest BCUT2D eigenvalue weighted by Gasteiger charge is -2.19. The van der Waals surface area contributed by atoms with E-state index in [2.05, 4.69) is 9.97 Å². The Morgan fingerprint density at radius 2 is 2.32 bits per heavy atom. The summed E-state index contributed by atoms with van der Waals surface area (Å²) in [6, 6.07) is -1.24. The van der Waals surface area contributed by atoms with Gasteiger partial charge in [0.25, 0.3) is 10.0 Å². The molecule has 1 saturated heterocycles. The number of aryl methyl sites for hydroxylation is 1. The van der Waals surface area contributed by atoms with Crippen molar-refractivity contribution >= 4 is 16.0 Å². The smallest absolute Gasteiger partial charge is 0.322 e. The average Bonchev–Trinajstić information content (AvgIpc) is 2.94. The third-order valence-corrected chi connectivity index (χ3v) is 4.83. The number of sulfonamides is 1. The van der Waals surface area contributed by atoms with E-state index in [9.17, 15) is 18.3 Å². The lowest BCUT2D eigenvalue weighted by atomic mass is 10.2. The molecule has 0 spiro atoms. The van der Waals surface area contributed by atoms with Crippen molar-refractivity contribution in [2.75, 3.05) is 6.54 Å². The van der Waals surface area contributed by atoms with Gasteiger partial charge >= 0.3 is 5.97 Å². The van der Waals surface area contributed by atoms with Gasteiger partial charge in [-0.1, -0.05) is 6.92 Å². The summed E-state index contributed by atoms with van der Waals surface area (Å²) in [4.78, 5) is 17.6. The minimum Gasteiger partial charge on any atom is -0.480 e. The van der Waals surface area contributed by atoms with Crippen LogP contribution in [-0.2, 0) is 21.2 Å². The van der Waals surface area contributed by atoms with Crippen molar-refractivity contribution in [2.24, 2.45) is 0 Å². The van der Waals surface area contributed by atoms with Crippen molar-refractivity contribution < 1.29 is 23.4 Å². The van der Waals surface area contributed by atoms with Crippen LogP contribution in [0.3, 0.4) is 0 Å². The summed E-state index contributed by atoms with van der Waals surface area (Å²) in [6.45, 7) is 1.59. The average molecular weight is 289 g/mol. The zero-order valence-corrected chi connectivity index (χ0v) is 11.1. The van der Waals surface area contributed by atoms with E-state index in [4.69, 9.17) is 5.11 Å². The standard InChI is InChI=1S/C10H15N3O5S/c1-2-8-11-4-9(12-8)19(17,18)13-5-6(14)3-7(13)10(15)16/h4,6-7,14H,2-3,5H2,1H3,(H,11,12)(H,15,16)/t6-,7-/m1/s1. The number of aliphatic carboxylic acids is 1. The molecule has 3 N–H and O–H groups in total. The summed E-state index contributed by atoms with van der Waals surface area (Å²) in [5, 5.41) is 18.4. The van der Waals surface area contributed by atoms with Crippen LogP contribution in [0.2, 0.25) is 0 Å². The highest BCUT2D eigenvalue weighted by Gasteiger charge is 2.44. The zero-order chi connectivity index (χ0) is 14.2. The minimum atomic E-state index is -3.98. The van der Waals surface area contributed by atoms with Crippen LogP contribution in [0.25, 0.3) is 0 Å². The van der Waals surface area contributed by atoms with Crippen LogP contribution in [0, 0.1) is 0 Å². The number of aromatic nitrogens is 2. The summed E-state index contributed by atoms with van der Waals surface area (Å²) < 4.78 is 25.4. The number of hydrogen-bond acceptors (Lipinski definition) is 5. The number of aliphatic hydroxyl groups excluding tert-OH is 1. The summed E-state index contributed by atoms with van der Waals surface area (Å²) >= 11 is 0. The van der Waals surface area contributed by atoms with E-state index >= 15 is 0 Å². The Balaban J connectivity index is 2.35. The molecule has 1 aliphatic heterocycles. The zero-order valence-electron chi connectivity index (χ0n) is 10.3. The van der Waals surface area contributed by atoms with Gasteiger partial charge in [0.1, 0.15) is 11.9 Å². The van der Waals surface area contributed by atoms with Crippen LogP contribution in [0.15, 0.2) is 11.2 Å². The van der Waals surface area contributed by atoms with E-state index in [0.29, 0.717) is 12.2 Å². The molecule has 1 aromatic heterocycles. The number of carboxylic acids is 1. The Hall–Kier alpha value is -1.45. The van der Waals surface area contributed by atoms with Gasteiger partial charge in [0.15, 0.2) is 5.03 Å². The molecule has 1 aromatic rings. The second kappa shape index (κ2) is 4.91. The Labute approximate surface area is 110 Å². The first-order chi connectivity index (χ1) is 8.86. The summed E-state index contributed by atoms with van der Waals surface area (Å²) in [5.41, 5.74) is 0. The molecular formula is C10H15N3O5S. The second-order valence-electron chi connectivity index (χ2n) is 4.37. The molecule has 2 rings (SSSR count). The SMILES string of the molecule is CCc1ncc(S(=O)(=O)N2C[C@H](O)C[C@@H]2C(=O)O)[nH]1. The molecular weight excluding hydrogens is 274 g/mol. The van der Waals surface area contributed by atoms with Gasteiger partial charge in [0.2, 0.25) is 0 Å². The second-order valence-corrected chi connectivity index (χ2v) is 6.22. The third-order valence-electron chi connectivity index (χ3n) is 3.05. The molecule has 19 heavy (non-hydrogen) atoms. The Bertz CT molecular complexity index is 582.